The highest BCUT2D eigenvalue weighted by Gasteiger charge is 2.23. The predicted molar refractivity (Wildman–Crippen MR) is 144 cm³/mol. The molecule has 0 spiro atoms. The number of nitrogens with zero attached hydrogens (tertiary/aromatic N) is 1. The average Bonchev–Trinajstić information content (AvgIpc) is 2.90. The van der Waals surface area contributed by atoms with Gasteiger partial charge in [0.1, 0.15) is 17.5 Å². The minimum atomic E-state index is -1.21. The zero-order valence-electron chi connectivity index (χ0n) is 19.7. The van der Waals surface area contributed by atoms with E-state index in [1.165, 1.54) is 12.4 Å². The van der Waals surface area contributed by atoms with Crippen LogP contribution in [-0.2, 0) is 11.2 Å². The number of aliphatic carboxylic acids is 1. The molecule has 4 rings (SSSR count). The molecule has 0 saturated carbocycles. The lowest BCUT2D eigenvalue weighted by atomic mass is 10.0. The van der Waals surface area contributed by atoms with Gasteiger partial charge in [0.05, 0.1) is 21.2 Å². The molecular formula is C28H21Cl2N3O5. The third kappa shape index (κ3) is 6.67. The first-order valence-corrected chi connectivity index (χ1v) is 12.1. The number of anilines is 1. The molecule has 2 amide bonds. The molecule has 1 heterocycles. The molecule has 1 aromatic heterocycles. The van der Waals surface area contributed by atoms with Gasteiger partial charge < -0.3 is 20.5 Å². The molecule has 1 atom stereocenters. The molecule has 8 nitrogen and oxygen atoms in total. The Kier molecular flexibility index (Phi) is 8.58. The molecule has 10 heteroatoms. The lowest BCUT2D eigenvalue weighted by Crippen LogP contribution is -2.42. The third-order valence-corrected chi connectivity index (χ3v) is 6.01. The van der Waals surface area contributed by atoms with E-state index < -0.39 is 23.8 Å². The Labute approximate surface area is 228 Å². The lowest BCUT2D eigenvalue weighted by Gasteiger charge is -2.17. The first-order chi connectivity index (χ1) is 18.3. The molecule has 0 fully saturated rings. The zero-order chi connectivity index (χ0) is 27.1. The Hall–Kier alpha value is -4.40. The summed E-state index contributed by atoms with van der Waals surface area (Å²) in [6.07, 6.45) is 2.65. The number of hydrogen-bond acceptors (Lipinski definition) is 5. The van der Waals surface area contributed by atoms with E-state index in [9.17, 15) is 19.5 Å². The summed E-state index contributed by atoms with van der Waals surface area (Å²) in [6, 6.07) is 20.9. The summed E-state index contributed by atoms with van der Waals surface area (Å²) in [5, 5.41) is 15.2. The van der Waals surface area contributed by atoms with Gasteiger partial charge >= 0.3 is 5.97 Å². The Balaban J connectivity index is 1.43. The number of amides is 2. The molecule has 3 aromatic carbocycles. The summed E-state index contributed by atoms with van der Waals surface area (Å²) in [5.41, 5.74) is 1.38. The van der Waals surface area contributed by atoms with Crippen molar-refractivity contribution in [1.29, 1.82) is 0 Å². The van der Waals surface area contributed by atoms with Crippen LogP contribution < -0.4 is 15.4 Å². The normalized spacial score (nSPS) is 11.3. The maximum absolute atomic E-state index is 13.0. The van der Waals surface area contributed by atoms with Crippen molar-refractivity contribution in [3.63, 3.8) is 0 Å². The molecule has 0 saturated heterocycles. The second-order valence-electron chi connectivity index (χ2n) is 8.11. The van der Waals surface area contributed by atoms with Gasteiger partial charge in [-0.05, 0) is 42.0 Å². The SMILES string of the molecule is O=C(N[C@@H](Cc1ccc(NC(=O)c2c(Cl)cncc2Cl)cc1)C(=O)O)c1ccccc1Oc1ccccc1. The molecule has 4 aromatic rings. The zero-order valence-corrected chi connectivity index (χ0v) is 21.2. The number of aromatic nitrogens is 1. The van der Waals surface area contributed by atoms with E-state index in [1.807, 2.05) is 6.07 Å². The third-order valence-electron chi connectivity index (χ3n) is 5.44. The van der Waals surface area contributed by atoms with E-state index >= 15 is 0 Å². The highest BCUT2D eigenvalue weighted by atomic mass is 35.5. The summed E-state index contributed by atoms with van der Waals surface area (Å²) in [7, 11) is 0. The number of pyridine rings is 1. The monoisotopic (exact) mass is 549 g/mol. The maximum atomic E-state index is 13.0. The maximum Gasteiger partial charge on any atom is 0.326 e. The first-order valence-electron chi connectivity index (χ1n) is 11.4. The van der Waals surface area contributed by atoms with Crippen LogP contribution in [0.5, 0.6) is 11.5 Å². The number of benzene rings is 3. The van der Waals surface area contributed by atoms with Gasteiger partial charge in [0.15, 0.2) is 0 Å². The van der Waals surface area contributed by atoms with Gasteiger partial charge in [0.25, 0.3) is 11.8 Å². The van der Waals surface area contributed by atoms with Gasteiger partial charge in [-0.1, -0.05) is 65.7 Å². The molecule has 0 aliphatic rings. The number of carbonyl (C=O) groups is 3. The van der Waals surface area contributed by atoms with Crippen LogP contribution >= 0.6 is 23.2 Å². The van der Waals surface area contributed by atoms with Crippen molar-refractivity contribution in [3.8, 4) is 11.5 Å². The van der Waals surface area contributed by atoms with Crippen LogP contribution in [0.3, 0.4) is 0 Å². The molecule has 38 heavy (non-hydrogen) atoms. The molecule has 0 bridgehead atoms. The average molecular weight is 550 g/mol. The second-order valence-corrected chi connectivity index (χ2v) is 8.92. The number of halogens is 2. The van der Waals surface area contributed by atoms with Gasteiger partial charge in [0.2, 0.25) is 0 Å². The van der Waals surface area contributed by atoms with Crippen LogP contribution in [-0.4, -0.2) is 33.9 Å². The van der Waals surface area contributed by atoms with Crippen LogP contribution in [0.15, 0.2) is 91.3 Å². The van der Waals surface area contributed by atoms with Gasteiger partial charge in [-0.25, -0.2) is 4.79 Å². The van der Waals surface area contributed by atoms with E-state index in [2.05, 4.69) is 15.6 Å². The van der Waals surface area contributed by atoms with Crippen molar-refractivity contribution in [3.05, 3.63) is 118 Å². The van der Waals surface area contributed by atoms with Gasteiger partial charge in [-0.3, -0.25) is 14.6 Å². The topological polar surface area (TPSA) is 118 Å². The van der Waals surface area contributed by atoms with Crippen LogP contribution in [0.4, 0.5) is 5.69 Å². The second kappa shape index (κ2) is 12.2. The Morgan fingerprint density at radius 1 is 0.842 bits per heavy atom. The van der Waals surface area contributed by atoms with Crippen LogP contribution in [0.1, 0.15) is 26.3 Å². The van der Waals surface area contributed by atoms with E-state index in [0.29, 0.717) is 22.7 Å². The highest BCUT2D eigenvalue weighted by Crippen LogP contribution is 2.26. The number of rotatable bonds is 9. The standard InChI is InChI=1S/C28H21Cl2N3O5/c29-21-15-31-16-22(30)25(21)27(35)32-18-12-10-17(11-13-18)14-23(28(36)37)33-26(34)20-8-4-5-9-24(20)38-19-6-2-1-3-7-19/h1-13,15-16,23H,14H2,(H,32,35)(H,33,34)(H,36,37)/t23-/m0/s1. The molecular weight excluding hydrogens is 529 g/mol. The molecule has 192 valence electrons. The minimum absolute atomic E-state index is 0.0129. The van der Waals surface area contributed by atoms with Crippen molar-refractivity contribution >= 4 is 46.7 Å². The van der Waals surface area contributed by atoms with Crippen molar-refractivity contribution in [2.24, 2.45) is 0 Å². The van der Waals surface area contributed by atoms with Crippen LogP contribution in [0.2, 0.25) is 10.0 Å². The van der Waals surface area contributed by atoms with Gasteiger partial charge in [-0.15, -0.1) is 0 Å². The summed E-state index contributed by atoms with van der Waals surface area (Å²) >= 11 is 12.1. The fourth-order valence-electron chi connectivity index (χ4n) is 3.58. The van der Waals surface area contributed by atoms with Gasteiger partial charge in [-0.2, -0.15) is 0 Å². The number of para-hydroxylation sites is 2. The molecule has 0 aliphatic heterocycles. The fraction of sp³-hybridized carbons (Fsp3) is 0.0714. The van der Waals surface area contributed by atoms with Crippen molar-refractivity contribution in [2.75, 3.05) is 5.32 Å². The minimum Gasteiger partial charge on any atom is -0.480 e. The number of nitrogens with one attached hydrogen (secondary N) is 2. The summed E-state index contributed by atoms with van der Waals surface area (Å²) in [5.74, 6) is -1.45. The quantitative estimate of drug-likeness (QED) is 0.240. The number of hydrogen-bond donors (Lipinski definition) is 3. The van der Waals surface area contributed by atoms with E-state index in [-0.39, 0.29) is 27.6 Å². The Morgan fingerprint density at radius 3 is 2.13 bits per heavy atom. The number of carboxylic acids is 1. The number of carbonyl (C=O) groups excluding carboxylic acids is 2. The lowest BCUT2D eigenvalue weighted by molar-refractivity contribution is -0.139. The van der Waals surface area contributed by atoms with Crippen molar-refractivity contribution < 1.29 is 24.2 Å². The first kappa shape index (κ1) is 26.7. The summed E-state index contributed by atoms with van der Waals surface area (Å²) in [6.45, 7) is 0. The van der Waals surface area contributed by atoms with E-state index in [4.69, 9.17) is 27.9 Å². The Bertz CT molecular complexity index is 1440. The van der Waals surface area contributed by atoms with Crippen molar-refractivity contribution in [1.82, 2.24) is 10.3 Å². The molecule has 0 radical (unpaired) electrons. The highest BCUT2D eigenvalue weighted by molar-refractivity contribution is 6.40. The van der Waals surface area contributed by atoms with E-state index in [1.54, 1.807) is 72.8 Å². The van der Waals surface area contributed by atoms with Crippen LogP contribution in [0, 0.1) is 0 Å². The Morgan fingerprint density at radius 2 is 1.47 bits per heavy atom. The summed E-state index contributed by atoms with van der Waals surface area (Å²) in [4.78, 5) is 41.3. The van der Waals surface area contributed by atoms with Crippen molar-refractivity contribution in [2.45, 2.75) is 12.5 Å². The number of carboxylic acid groups (broad SMARTS) is 1. The largest absolute Gasteiger partial charge is 0.480 e. The molecule has 0 unspecified atom stereocenters. The van der Waals surface area contributed by atoms with Crippen LogP contribution in [0.25, 0.3) is 0 Å². The molecule has 0 aliphatic carbocycles. The van der Waals surface area contributed by atoms with Gasteiger partial charge in [0, 0.05) is 24.5 Å². The smallest absolute Gasteiger partial charge is 0.326 e. The predicted octanol–water partition coefficient (Wildman–Crippen LogP) is 5.86. The van der Waals surface area contributed by atoms with E-state index in [0.717, 1.165) is 0 Å². The number of ether oxygens (including phenoxy) is 1. The fourth-order valence-corrected chi connectivity index (χ4v) is 4.11. The summed E-state index contributed by atoms with van der Waals surface area (Å²) < 4.78 is 5.82. The molecule has 3 N–H and O–H groups in total.